The van der Waals surface area contributed by atoms with E-state index in [4.69, 9.17) is 14.2 Å². The number of Topliss-reactive ketones (excluding diaryl/α,β-unsaturated/α-hetero) is 1. The largest absolute Gasteiger partial charge is 0.497 e. The van der Waals surface area contributed by atoms with Crippen molar-refractivity contribution < 1.29 is 23.8 Å². The summed E-state index contributed by atoms with van der Waals surface area (Å²) >= 11 is 0. The van der Waals surface area contributed by atoms with Crippen LogP contribution in [0.3, 0.4) is 0 Å². The van der Waals surface area contributed by atoms with E-state index in [0.717, 1.165) is 68.1 Å². The number of ketones is 1. The summed E-state index contributed by atoms with van der Waals surface area (Å²) in [5, 5.41) is 3.31. The van der Waals surface area contributed by atoms with Gasteiger partial charge in [0.25, 0.3) is 0 Å². The second kappa shape index (κ2) is 14.2. The Hall–Kier alpha value is -3.06. The molecule has 7 heteroatoms. The van der Waals surface area contributed by atoms with Crippen LogP contribution in [-0.4, -0.2) is 62.6 Å². The number of carbonyl (C=O) groups is 2. The van der Waals surface area contributed by atoms with Crippen LogP contribution in [0.15, 0.2) is 42.5 Å². The molecule has 1 saturated heterocycles. The molecule has 4 rings (SSSR count). The lowest BCUT2D eigenvalue weighted by Crippen LogP contribution is -2.47. The number of hydrogen-bond acceptors (Lipinski definition) is 6. The first-order valence-electron chi connectivity index (χ1n) is 14.1. The zero-order valence-electron chi connectivity index (χ0n) is 22.9. The highest BCUT2D eigenvalue weighted by Crippen LogP contribution is 2.31. The van der Waals surface area contributed by atoms with Crippen molar-refractivity contribution in [2.75, 3.05) is 40.0 Å². The molecular formula is C31H42N2O5. The van der Waals surface area contributed by atoms with E-state index in [2.05, 4.69) is 23.2 Å². The van der Waals surface area contributed by atoms with Crippen LogP contribution in [-0.2, 0) is 11.2 Å². The van der Waals surface area contributed by atoms with Gasteiger partial charge in [-0.25, -0.2) is 0 Å². The molecule has 206 valence electrons. The van der Waals surface area contributed by atoms with Crippen LogP contribution in [0.25, 0.3) is 0 Å². The average molecular weight is 523 g/mol. The first-order chi connectivity index (χ1) is 18.5. The van der Waals surface area contributed by atoms with E-state index in [1.165, 1.54) is 12.8 Å². The molecule has 0 unspecified atom stereocenters. The molecular weight excluding hydrogens is 480 g/mol. The van der Waals surface area contributed by atoms with Gasteiger partial charge in [0.05, 0.1) is 7.11 Å². The molecule has 1 fully saturated rings. The number of unbranched alkanes of at least 4 members (excludes halogenated alkanes) is 2. The minimum Gasteiger partial charge on any atom is -0.497 e. The molecule has 2 aromatic carbocycles. The SMILES string of the molecule is COc1ccc(C(=O)CCCCCC(=O)N[C@@H](Cc2ccc3c(c2)OCCO3)CN2CCC[C@H](C)C2)cc1. The Balaban J connectivity index is 1.24. The van der Waals surface area contributed by atoms with Gasteiger partial charge in [-0.1, -0.05) is 19.4 Å². The number of hydrogen-bond donors (Lipinski definition) is 1. The van der Waals surface area contributed by atoms with Gasteiger partial charge in [-0.3, -0.25) is 9.59 Å². The van der Waals surface area contributed by atoms with Gasteiger partial charge < -0.3 is 24.4 Å². The van der Waals surface area contributed by atoms with E-state index < -0.39 is 0 Å². The number of nitrogens with zero attached hydrogens (tertiary/aromatic N) is 1. The first-order valence-corrected chi connectivity index (χ1v) is 14.1. The lowest BCUT2D eigenvalue weighted by atomic mass is 9.98. The van der Waals surface area contributed by atoms with Crippen molar-refractivity contribution in [1.82, 2.24) is 10.2 Å². The number of piperidine rings is 1. The second-order valence-electron chi connectivity index (χ2n) is 10.7. The maximum atomic E-state index is 12.9. The Morgan fingerprint density at radius 1 is 1.03 bits per heavy atom. The molecule has 1 N–H and O–H groups in total. The van der Waals surface area contributed by atoms with Gasteiger partial charge in [0.2, 0.25) is 5.91 Å². The molecule has 7 nitrogen and oxygen atoms in total. The molecule has 2 aliphatic heterocycles. The summed E-state index contributed by atoms with van der Waals surface area (Å²) < 4.78 is 16.6. The smallest absolute Gasteiger partial charge is 0.220 e. The second-order valence-corrected chi connectivity index (χ2v) is 10.7. The van der Waals surface area contributed by atoms with Crippen LogP contribution < -0.4 is 19.5 Å². The van der Waals surface area contributed by atoms with Crippen LogP contribution in [0.2, 0.25) is 0 Å². The highest BCUT2D eigenvalue weighted by atomic mass is 16.6. The van der Waals surface area contributed by atoms with Crippen LogP contribution in [0.1, 0.15) is 67.8 Å². The summed E-state index contributed by atoms with van der Waals surface area (Å²) in [5.74, 6) is 3.22. The van der Waals surface area contributed by atoms with Gasteiger partial charge in [0.1, 0.15) is 19.0 Å². The minimum absolute atomic E-state index is 0.0343. The van der Waals surface area contributed by atoms with E-state index in [9.17, 15) is 9.59 Å². The van der Waals surface area contributed by atoms with Gasteiger partial charge in [-0.15, -0.1) is 0 Å². The van der Waals surface area contributed by atoms with Crippen LogP contribution in [0.4, 0.5) is 0 Å². The van der Waals surface area contributed by atoms with Crippen LogP contribution in [0.5, 0.6) is 17.2 Å². The number of benzene rings is 2. The van der Waals surface area contributed by atoms with Crippen LogP contribution >= 0.6 is 0 Å². The Bertz CT molecular complexity index is 1050. The minimum atomic E-state index is 0.0343. The number of ether oxygens (including phenoxy) is 3. The van der Waals surface area contributed by atoms with Crippen molar-refractivity contribution in [3.63, 3.8) is 0 Å². The molecule has 38 heavy (non-hydrogen) atoms. The molecule has 0 radical (unpaired) electrons. The van der Waals surface area contributed by atoms with Gasteiger partial charge >= 0.3 is 0 Å². The summed E-state index contributed by atoms with van der Waals surface area (Å²) in [5.41, 5.74) is 1.85. The zero-order valence-corrected chi connectivity index (χ0v) is 22.9. The van der Waals surface area contributed by atoms with Crippen molar-refractivity contribution in [3.05, 3.63) is 53.6 Å². The number of carbonyl (C=O) groups excluding carboxylic acids is 2. The average Bonchev–Trinajstić information content (AvgIpc) is 2.92. The maximum absolute atomic E-state index is 12.9. The van der Waals surface area contributed by atoms with Gasteiger partial charge in [-0.05, 0) is 86.5 Å². The molecule has 2 aliphatic rings. The monoisotopic (exact) mass is 522 g/mol. The van der Waals surface area contributed by atoms with E-state index in [1.54, 1.807) is 19.2 Å². The molecule has 0 aliphatic carbocycles. The van der Waals surface area contributed by atoms with Gasteiger partial charge in [-0.2, -0.15) is 0 Å². The lowest BCUT2D eigenvalue weighted by Gasteiger charge is -2.34. The number of amides is 1. The third-order valence-electron chi connectivity index (χ3n) is 7.39. The molecule has 1 amide bonds. The summed E-state index contributed by atoms with van der Waals surface area (Å²) in [6, 6.07) is 13.4. The third-order valence-corrected chi connectivity index (χ3v) is 7.39. The van der Waals surface area contributed by atoms with Gasteiger partial charge in [0.15, 0.2) is 17.3 Å². The van der Waals surface area contributed by atoms with Crippen molar-refractivity contribution in [2.45, 2.75) is 64.3 Å². The fourth-order valence-electron chi connectivity index (χ4n) is 5.39. The summed E-state index contributed by atoms with van der Waals surface area (Å²) in [7, 11) is 1.61. The van der Waals surface area contributed by atoms with Gasteiger partial charge in [0, 0.05) is 37.5 Å². The Labute approximate surface area is 226 Å². The predicted molar refractivity (Wildman–Crippen MR) is 148 cm³/mol. The van der Waals surface area contributed by atoms with Crippen molar-refractivity contribution in [2.24, 2.45) is 5.92 Å². The lowest BCUT2D eigenvalue weighted by molar-refractivity contribution is -0.122. The molecule has 0 bridgehead atoms. The van der Waals surface area contributed by atoms with E-state index in [1.807, 2.05) is 24.3 Å². The van der Waals surface area contributed by atoms with Crippen molar-refractivity contribution in [3.8, 4) is 17.2 Å². The van der Waals surface area contributed by atoms with E-state index in [0.29, 0.717) is 37.5 Å². The number of rotatable bonds is 13. The van der Waals surface area contributed by atoms with E-state index >= 15 is 0 Å². The predicted octanol–water partition coefficient (Wildman–Crippen LogP) is 5.06. The highest BCUT2D eigenvalue weighted by Gasteiger charge is 2.22. The Morgan fingerprint density at radius 2 is 1.79 bits per heavy atom. The van der Waals surface area contributed by atoms with Crippen molar-refractivity contribution in [1.29, 1.82) is 0 Å². The van der Waals surface area contributed by atoms with Crippen LogP contribution in [0, 0.1) is 5.92 Å². The maximum Gasteiger partial charge on any atom is 0.220 e. The number of nitrogens with one attached hydrogen (secondary N) is 1. The number of fused-ring (bicyclic) bond motifs is 1. The third kappa shape index (κ3) is 8.48. The molecule has 2 aromatic rings. The normalized spacial score (nSPS) is 18.0. The first kappa shape index (κ1) is 28.0. The standard InChI is InChI=1S/C31H42N2O5/c1-23-7-6-16-33(21-23)22-26(19-24-10-15-29-30(20-24)38-18-17-37-29)32-31(35)9-5-3-4-8-28(34)25-11-13-27(36-2)14-12-25/h10-15,20,23,26H,3-9,16-19,21-22H2,1-2H3,(H,32,35)/t23-,26-/m0/s1. The van der Waals surface area contributed by atoms with E-state index in [-0.39, 0.29) is 17.7 Å². The molecule has 0 spiro atoms. The summed E-state index contributed by atoms with van der Waals surface area (Å²) in [6.07, 6.45) is 6.62. The summed E-state index contributed by atoms with van der Waals surface area (Å²) in [4.78, 5) is 27.8. The molecule has 0 saturated carbocycles. The summed E-state index contributed by atoms with van der Waals surface area (Å²) in [6.45, 7) is 6.46. The zero-order chi connectivity index (χ0) is 26.7. The number of likely N-dealkylation sites (tertiary alicyclic amines) is 1. The number of methoxy groups -OCH3 is 1. The fourth-order valence-corrected chi connectivity index (χ4v) is 5.39. The quantitative estimate of drug-likeness (QED) is 0.293. The molecule has 2 heterocycles. The van der Waals surface area contributed by atoms with Crippen molar-refractivity contribution >= 4 is 11.7 Å². The fraction of sp³-hybridized carbons (Fsp3) is 0.548. The topological polar surface area (TPSA) is 77.1 Å². The highest BCUT2D eigenvalue weighted by molar-refractivity contribution is 5.96. The Kier molecular flexibility index (Phi) is 10.4. The molecule has 2 atom stereocenters. The Morgan fingerprint density at radius 3 is 2.55 bits per heavy atom. The molecule has 0 aromatic heterocycles.